The summed E-state index contributed by atoms with van der Waals surface area (Å²) in [4.78, 5) is 12.1. The van der Waals surface area contributed by atoms with E-state index < -0.39 is 0 Å². The molecule has 0 aliphatic heterocycles. The third-order valence-corrected chi connectivity index (χ3v) is 5.22. The van der Waals surface area contributed by atoms with Gasteiger partial charge in [-0.05, 0) is 67.9 Å². The monoisotopic (exact) mass is 371 g/mol. The van der Waals surface area contributed by atoms with E-state index in [-0.39, 0.29) is 17.5 Å². The van der Waals surface area contributed by atoms with Crippen molar-refractivity contribution in [1.82, 2.24) is 5.32 Å². The number of benzene rings is 2. The van der Waals surface area contributed by atoms with Crippen molar-refractivity contribution in [2.24, 2.45) is 11.8 Å². The van der Waals surface area contributed by atoms with Crippen molar-refractivity contribution < 1.29 is 19.0 Å². The van der Waals surface area contributed by atoms with Crippen LogP contribution in [0.5, 0.6) is 5.75 Å². The number of carbonyl (C=O) groups is 1. The maximum Gasteiger partial charge on any atom is 0.251 e. The highest BCUT2D eigenvalue weighted by molar-refractivity contribution is 5.94. The Morgan fingerprint density at radius 3 is 2.41 bits per heavy atom. The second-order valence-electron chi connectivity index (χ2n) is 7.25. The van der Waals surface area contributed by atoms with Gasteiger partial charge in [0, 0.05) is 24.3 Å². The molecule has 5 heteroatoms. The van der Waals surface area contributed by atoms with E-state index in [1.54, 1.807) is 24.3 Å². The normalized spacial score (nSPS) is 19.6. The average molecular weight is 371 g/mol. The number of carbonyl (C=O) groups excluding carboxylic acids is 1. The van der Waals surface area contributed by atoms with Gasteiger partial charge in [0.25, 0.3) is 5.91 Å². The molecule has 2 N–H and O–H groups in total. The molecule has 0 unspecified atom stereocenters. The van der Waals surface area contributed by atoms with Crippen LogP contribution in [-0.4, -0.2) is 24.2 Å². The van der Waals surface area contributed by atoms with Gasteiger partial charge in [-0.3, -0.25) is 4.79 Å². The molecule has 0 spiro atoms. The fraction of sp³-hybridized carbons (Fsp3) is 0.409. The molecule has 4 nitrogen and oxygen atoms in total. The van der Waals surface area contributed by atoms with E-state index in [2.05, 4.69) is 5.32 Å². The second-order valence-corrected chi connectivity index (χ2v) is 7.25. The van der Waals surface area contributed by atoms with Crippen molar-refractivity contribution in [2.45, 2.75) is 32.3 Å². The standard InChI is InChI=1S/C22H26FNO3/c23-21-4-2-1-3-19(21)15-27-14-17-7-5-16(6-8-17)13-24-22(26)18-9-11-20(25)12-10-18/h1-4,9-12,16-17,25H,5-8,13-15H2,(H,24,26). The molecule has 27 heavy (non-hydrogen) atoms. The Bertz CT molecular complexity index is 739. The van der Waals surface area contributed by atoms with E-state index in [9.17, 15) is 14.3 Å². The molecule has 0 aromatic heterocycles. The van der Waals surface area contributed by atoms with Crippen LogP contribution in [-0.2, 0) is 11.3 Å². The van der Waals surface area contributed by atoms with Gasteiger partial charge in [-0.15, -0.1) is 0 Å². The Labute approximate surface area is 159 Å². The minimum absolute atomic E-state index is 0.106. The SMILES string of the molecule is O=C(NCC1CCC(COCc2ccccc2F)CC1)c1ccc(O)cc1. The van der Waals surface area contributed by atoms with Crippen molar-refractivity contribution >= 4 is 5.91 Å². The lowest BCUT2D eigenvalue weighted by molar-refractivity contribution is 0.0650. The van der Waals surface area contributed by atoms with Crippen molar-refractivity contribution in [3.8, 4) is 5.75 Å². The van der Waals surface area contributed by atoms with Gasteiger partial charge >= 0.3 is 0 Å². The van der Waals surface area contributed by atoms with Gasteiger partial charge in [0.1, 0.15) is 11.6 Å². The molecule has 0 atom stereocenters. The predicted octanol–water partition coefficient (Wildman–Crippen LogP) is 4.28. The van der Waals surface area contributed by atoms with Crippen LogP contribution < -0.4 is 5.32 Å². The highest BCUT2D eigenvalue weighted by Crippen LogP contribution is 2.29. The molecule has 1 aliphatic rings. The summed E-state index contributed by atoms with van der Waals surface area (Å²) in [6.07, 6.45) is 4.25. The largest absolute Gasteiger partial charge is 0.508 e. The van der Waals surface area contributed by atoms with Crippen LogP contribution in [0.15, 0.2) is 48.5 Å². The first-order valence-corrected chi connectivity index (χ1v) is 9.50. The first-order valence-electron chi connectivity index (χ1n) is 9.50. The van der Waals surface area contributed by atoms with Crippen LogP contribution in [0.1, 0.15) is 41.6 Å². The highest BCUT2D eigenvalue weighted by atomic mass is 19.1. The first-order chi connectivity index (χ1) is 13.1. The summed E-state index contributed by atoms with van der Waals surface area (Å²) in [6.45, 7) is 1.64. The van der Waals surface area contributed by atoms with Crippen LogP contribution >= 0.6 is 0 Å². The van der Waals surface area contributed by atoms with E-state index >= 15 is 0 Å². The summed E-state index contributed by atoms with van der Waals surface area (Å²) in [6, 6.07) is 13.0. The number of phenolic OH excluding ortho intramolecular Hbond substituents is 1. The van der Waals surface area contributed by atoms with Crippen LogP contribution in [0, 0.1) is 17.7 Å². The zero-order valence-corrected chi connectivity index (χ0v) is 15.4. The number of hydrogen-bond acceptors (Lipinski definition) is 3. The first kappa shape index (κ1) is 19.4. The molecule has 1 amide bonds. The molecule has 144 valence electrons. The van der Waals surface area contributed by atoms with Crippen molar-refractivity contribution in [2.75, 3.05) is 13.2 Å². The molecule has 2 aromatic carbocycles. The van der Waals surface area contributed by atoms with Gasteiger partial charge < -0.3 is 15.2 Å². The quantitative estimate of drug-likeness (QED) is 0.764. The zero-order valence-electron chi connectivity index (χ0n) is 15.4. The Balaban J connectivity index is 1.33. The Morgan fingerprint density at radius 2 is 1.70 bits per heavy atom. The molecule has 3 rings (SSSR count). The summed E-state index contributed by atoms with van der Waals surface area (Å²) < 4.78 is 19.3. The van der Waals surface area contributed by atoms with E-state index in [4.69, 9.17) is 4.74 Å². The van der Waals surface area contributed by atoms with Gasteiger partial charge in [-0.1, -0.05) is 18.2 Å². The lowest BCUT2D eigenvalue weighted by atomic mass is 9.82. The Morgan fingerprint density at radius 1 is 1.04 bits per heavy atom. The minimum atomic E-state index is -0.217. The molecule has 1 fully saturated rings. The third kappa shape index (κ3) is 5.79. The summed E-state index contributed by atoms with van der Waals surface area (Å²) in [5.74, 6) is 0.813. The summed E-state index contributed by atoms with van der Waals surface area (Å²) in [7, 11) is 0. The van der Waals surface area contributed by atoms with E-state index in [0.29, 0.717) is 42.7 Å². The number of halogens is 1. The summed E-state index contributed by atoms with van der Waals surface area (Å²) in [5.41, 5.74) is 1.16. The Hall–Kier alpha value is -2.40. The topological polar surface area (TPSA) is 58.6 Å². The van der Waals surface area contributed by atoms with E-state index in [1.807, 2.05) is 6.07 Å². The molecular weight excluding hydrogens is 345 g/mol. The Kier molecular flexibility index (Phi) is 6.82. The van der Waals surface area contributed by atoms with Crippen LogP contribution in [0.4, 0.5) is 4.39 Å². The predicted molar refractivity (Wildman–Crippen MR) is 102 cm³/mol. The lowest BCUT2D eigenvalue weighted by Crippen LogP contribution is -2.31. The average Bonchev–Trinajstić information content (AvgIpc) is 2.69. The second kappa shape index (κ2) is 9.51. The lowest BCUT2D eigenvalue weighted by Gasteiger charge is -2.28. The molecule has 1 aliphatic carbocycles. The van der Waals surface area contributed by atoms with Crippen molar-refractivity contribution in [3.05, 3.63) is 65.5 Å². The number of aromatic hydroxyl groups is 1. The van der Waals surface area contributed by atoms with E-state index in [1.165, 1.54) is 18.2 Å². The molecular formula is C22H26FNO3. The maximum absolute atomic E-state index is 13.6. The van der Waals surface area contributed by atoms with Gasteiger partial charge in [-0.2, -0.15) is 0 Å². The third-order valence-electron chi connectivity index (χ3n) is 5.22. The fourth-order valence-electron chi connectivity index (χ4n) is 3.51. The van der Waals surface area contributed by atoms with Gasteiger partial charge in [0.05, 0.1) is 6.61 Å². The van der Waals surface area contributed by atoms with Crippen LogP contribution in [0.3, 0.4) is 0 Å². The highest BCUT2D eigenvalue weighted by Gasteiger charge is 2.22. The summed E-state index contributed by atoms with van der Waals surface area (Å²) >= 11 is 0. The number of rotatable bonds is 7. The fourth-order valence-corrected chi connectivity index (χ4v) is 3.51. The molecule has 0 heterocycles. The zero-order chi connectivity index (χ0) is 19.1. The molecule has 2 aromatic rings. The van der Waals surface area contributed by atoms with Crippen molar-refractivity contribution in [3.63, 3.8) is 0 Å². The number of phenols is 1. The number of nitrogens with one attached hydrogen (secondary N) is 1. The van der Waals surface area contributed by atoms with Crippen LogP contribution in [0.2, 0.25) is 0 Å². The molecule has 1 saturated carbocycles. The summed E-state index contributed by atoms with van der Waals surface area (Å²) in [5, 5.41) is 12.3. The van der Waals surface area contributed by atoms with E-state index in [0.717, 1.165) is 25.7 Å². The van der Waals surface area contributed by atoms with Crippen molar-refractivity contribution in [1.29, 1.82) is 0 Å². The number of amides is 1. The molecule has 0 saturated heterocycles. The van der Waals surface area contributed by atoms with Gasteiger partial charge in [0.2, 0.25) is 0 Å². The molecule has 0 bridgehead atoms. The smallest absolute Gasteiger partial charge is 0.251 e. The number of ether oxygens (including phenoxy) is 1. The van der Waals surface area contributed by atoms with Gasteiger partial charge in [0.15, 0.2) is 0 Å². The number of hydrogen-bond donors (Lipinski definition) is 2. The molecule has 0 radical (unpaired) electrons. The van der Waals surface area contributed by atoms with Crippen LogP contribution in [0.25, 0.3) is 0 Å². The maximum atomic E-state index is 13.6. The minimum Gasteiger partial charge on any atom is -0.508 e. The van der Waals surface area contributed by atoms with Gasteiger partial charge in [-0.25, -0.2) is 4.39 Å².